The van der Waals surface area contributed by atoms with Crippen LogP contribution in [-0.2, 0) is 9.53 Å². The van der Waals surface area contributed by atoms with Gasteiger partial charge in [0.15, 0.2) is 5.78 Å². The van der Waals surface area contributed by atoms with E-state index in [1.165, 1.54) is 0 Å². The molecule has 2 aromatic carbocycles. The minimum absolute atomic E-state index is 0.0556. The molecule has 0 bridgehead atoms. The molecule has 37 heavy (non-hydrogen) atoms. The number of methoxy groups -OCH3 is 2. The third-order valence-corrected chi connectivity index (χ3v) is 6.63. The summed E-state index contributed by atoms with van der Waals surface area (Å²) < 4.78 is 15.7. The second kappa shape index (κ2) is 15.3. The summed E-state index contributed by atoms with van der Waals surface area (Å²) in [5.74, 6) is 1.36. The van der Waals surface area contributed by atoms with Gasteiger partial charge < -0.3 is 29.5 Å². The predicted octanol–water partition coefficient (Wildman–Crippen LogP) is 3.78. The number of ketones is 1. The summed E-state index contributed by atoms with van der Waals surface area (Å²) in [4.78, 5) is 27.5. The second-order valence-electron chi connectivity index (χ2n) is 9.40. The number of nitrogens with one attached hydrogen (secondary N) is 1. The number of likely N-dealkylation sites (tertiary alicyclic amines) is 1. The fourth-order valence-electron chi connectivity index (χ4n) is 4.48. The molecule has 0 saturated carbocycles. The number of aliphatic hydroxyl groups excluding tert-OH is 1. The van der Waals surface area contributed by atoms with E-state index in [1.54, 1.807) is 38.5 Å². The lowest BCUT2D eigenvalue weighted by Crippen LogP contribution is -2.46. The van der Waals surface area contributed by atoms with Crippen LogP contribution >= 0.6 is 0 Å². The molecule has 3 rings (SSSR count). The lowest BCUT2D eigenvalue weighted by molar-refractivity contribution is -0.123. The van der Waals surface area contributed by atoms with Crippen LogP contribution in [0.5, 0.6) is 11.5 Å². The van der Waals surface area contributed by atoms with Crippen molar-refractivity contribution in [3.8, 4) is 11.5 Å². The first-order chi connectivity index (χ1) is 18.0. The Bertz CT molecular complexity index is 957. The zero-order valence-corrected chi connectivity index (χ0v) is 22.0. The average Bonchev–Trinajstić information content (AvgIpc) is 3.44. The summed E-state index contributed by atoms with van der Waals surface area (Å²) in [5, 5.41) is 14.2. The molecular weight excluding hydrogens is 472 g/mol. The van der Waals surface area contributed by atoms with Crippen molar-refractivity contribution in [2.24, 2.45) is 0 Å². The van der Waals surface area contributed by atoms with Gasteiger partial charge in [0.2, 0.25) is 5.91 Å². The molecule has 1 amide bonds. The largest absolute Gasteiger partial charge is 0.497 e. The zero-order chi connectivity index (χ0) is 26.5. The second-order valence-corrected chi connectivity index (χ2v) is 9.40. The smallest absolute Gasteiger partial charge is 0.220 e. The number of benzene rings is 2. The van der Waals surface area contributed by atoms with Gasteiger partial charge in [-0.05, 0) is 80.7 Å². The Balaban J connectivity index is 1.49. The number of aliphatic hydroxyl groups is 1. The molecule has 8 heteroatoms. The van der Waals surface area contributed by atoms with E-state index >= 15 is 0 Å². The average molecular weight is 513 g/mol. The van der Waals surface area contributed by atoms with Crippen LogP contribution in [0.1, 0.15) is 60.6 Å². The van der Waals surface area contributed by atoms with Crippen LogP contribution in [0.3, 0.4) is 0 Å². The minimum atomic E-state index is -0.839. The lowest BCUT2D eigenvalue weighted by atomic mass is 10.0. The van der Waals surface area contributed by atoms with Crippen LogP contribution in [0.15, 0.2) is 48.5 Å². The summed E-state index contributed by atoms with van der Waals surface area (Å²) in [6.07, 6.45) is 3.35. The number of unbranched alkanes of at least 4 members (excludes halogenated alkanes) is 1. The highest BCUT2D eigenvalue weighted by molar-refractivity contribution is 5.96. The number of ether oxygens (including phenoxy) is 3. The van der Waals surface area contributed by atoms with Crippen molar-refractivity contribution in [2.75, 3.05) is 47.1 Å². The molecule has 2 N–H and O–H groups in total. The number of hydrogen-bond acceptors (Lipinski definition) is 7. The molecule has 1 aliphatic heterocycles. The summed E-state index contributed by atoms with van der Waals surface area (Å²) >= 11 is 0. The first-order valence-corrected chi connectivity index (χ1v) is 13.1. The summed E-state index contributed by atoms with van der Waals surface area (Å²) in [7, 11) is 3.21. The van der Waals surface area contributed by atoms with E-state index in [0.717, 1.165) is 31.5 Å². The van der Waals surface area contributed by atoms with Crippen molar-refractivity contribution in [1.82, 2.24) is 10.2 Å². The SMILES string of the molecule is COCCOc1ccc(C(O)[C@@H](CN2CCCC2)NC(=O)CCCCC(=O)c2ccc(OC)cc2)cc1. The quantitative estimate of drug-likeness (QED) is 0.261. The molecule has 202 valence electrons. The lowest BCUT2D eigenvalue weighted by Gasteiger charge is -2.29. The molecule has 2 aromatic rings. The zero-order valence-electron chi connectivity index (χ0n) is 22.0. The number of carbonyl (C=O) groups is 2. The number of amides is 1. The highest BCUT2D eigenvalue weighted by Gasteiger charge is 2.26. The normalized spacial score (nSPS) is 15.2. The Morgan fingerprint density at radius 3 is 2.22 bits per heavy atom. The summed E-state index contributed by atoms with van der Waals surface area (Å²) in [6.45, 7) is 3.49. The molecule has 2 atom stereocenters. The van der Waals surface area contributed by atoms with Crippen LogP contribution in [0.25, 0.3) is 0 Å². The van der Waals surface area contributed by atoms with Gasteiger partial charge >= 0.3 is 0 Å². The van der Waals surface area contributed by atoms with Crippen molar-refractivity contribution in [3.63, 3.8) is 0 Å². The van der Waals surface area contributed by atoms with Gasteiger partial charge in [0.05, 0.1) is 19.8 Å². The molecule has 0 aliphatic carbocycles. The van der Waals surface area contributed by atoms with E-state index in [2.05, 4.69) is 10.2 Å². The van der Waals surface area contributed by atoms with Crippen molar-refractivity contribution in [1.29, 1.82) is 0 Å². The molecule has 1 heterocycles. The number of rotatable bonds is 16. The maximum atomic E-state index is 12.8. The molecule has 0 spiro atoms. The first-order valence-electron chi connectivity index (χ1n) is 13.1. The van der Waals surface area contributed by atoms with Crippen LogP contribution in [0, 0.1) is 0 Å². The predicted molar refractivity (Wildman–Crippen MR) is 142 cm³/mol. The maximum Gasteiger partial charge on any atom is 0.220 e. The fraction of sp³-hybridized carbons (Fsp3) is 0.517. The number of Topliss-reactive ketones (excluding diaryl/α,β-unsaturated/α-hetero) is 1. The highest BCUT2D eigenvalue weighted by atomic mass is 16.5. The molecular formula is C29H40N2O6. The Hall–Kier alpha value is -2.94. The van der Waals surface area contributed by atoms with Gasteiger partial charge in [0.1, 0.15) is 24.2 Å². The molecule has 1 saturated heterocycles. The third kappa shape index (κ3) is 9.46. The maximum absolute atomic E-state index is 12.8. The van der Waals surface area contributed by atoms with Gasteiger partial charge in [0, 0.05) is 32.1 Å². The first kappa shape index (κ1) is 28.6. The monoisotopic (exact) mass is 512 g/mol. The molecule has 1 unspecified atom stereocenters. The molecule has 0 radical (unpaired) electrons. The molecule has 0 aromatic heterocycles. The van der Waals surface area contributed by atoms with Gasteiger partial charge in [0.25, 0.3) is 0 Å². The van der Waals surface area contributed by atoms with Gasteiger partial charge in [-0.15, -0.1) is 0 Å². The van der Waals surface area contributed by atoms with Crippen molar-refractivity contribution >= 4 is 11.7 Å². The molecule has 1 aliphatic rings. The molecule has 1 fully saturated rings. The van der Waals surface area contributed by atoms with E-state index < -0.39 is 12.1 Å². The van der Waals surface area contributed by atoms with E-state index in [9.17, 15) is 14.7 Å². The van der Waals surface area contributed by atoms with E-state index in [1.807, 2.05) is 24.3 Å². The fourth-order valence-corrected chi connectivity index (χ4v) is 4.48. The van der Waals surface area contributed by atoms with Crippen LogP contribution in [0.2, 0.25) is 0 Å². The number of nitrogens with zero attached hydrogens (tertiary/aromatic N) is 1. The Labute approximate surface area is 219 Å². The van der Waals surface area contributed by atoms with E-state index in [4.69, 9.17) is 14.2 Å². The highest BCUT2D eigenvalue weighted by Crippen LogP contribution is 2.23. The van der Waals surface area contributed by atoms with Gasteiger partial charge in [-0.3, -0.25) is 9.59 Å². The van der Waals surface area contributed by atoms with E-state index in [0.29, 0.717) is 62.5 Å². The van der Waals surface area contributed by atoms with Crippen LogP contribution in [0.4, 0.5) is 0 Å². The van der Waals surface area contributed by atoms with Crippen molar-refractivity contribution in [3.05, 3.63) is 59.7 Å². The summed E-state index contributed by atoms with van der Waals surface area (Å²) in [6, 6.07) is 14.0. The van der Waals surface area contributed by atoms with Crippen molar-refractivity contribution < 1.29 is 28.9 Å². The van der Waals surface area contributed by atoms with E-state index in [-0.39, 0.29) is 11.7 Å². The minimum Gasteiger partial charge on any atom is -0.497 e. The van der Waals surface area contributed by atoms with Crippen LogP contribution < -0.4 is 14.8 Å². The standard InChI is InChI=1S/C29H40N2O6/c1-35-19-20-37-25-15-11-23(12-16-25)29(34)26(21-31-17-5-6-18-31)30-28(33)8-4-3-7-27(32)22-9-13-24(36-2)14-10-22/h9-16,26,29,34H,3-8,17-21H2,1-2H3,(H,30,33)/t26-,29?/m1/s1. The number of hydrogen-bond donors (Lipinski definition) is 2. The Morgan fingerprint density at radius 2 is 1.57 bits per heavy atom. The third-order valence-electron chi connectivity index (χ3n) is 6.63. The van der Waals surface area contributed by atoms with Gasteiger partial charge in [-0.25, -0.2) is 0 Å². The van der Waals surface area contributed by atoms with Gasteiger partial charge in [-0.2, -0.15) is 0 Å². The Kier molecular flexibility index (Phi) is 11.9. The van der Waals surface area contributed by atoms with Crippen LogP contribution in [-0.4, -0.2) is 74.8 Å². The van der Waals surface area contributed by atoms with Crippen molar-refractivity contribution in [2.45, 2.75) is 50.7 Å². The van der Waals surface area contributed by atoms with Gasteiger partial charge in [-0.1, -0.05) is 12.1 Å². The topological polar surface area (TPSA) is 97.3 Å². The summed E-state index contributed by atoms with van der Waals surface area (Å²) in [5.41, 5.74) is 1.38. The Morgan fingerprint density at radius 1 is 0.919 bits per heavy atom. The number of carbonyl (C=O) groups excluding carboxylic acids is 2. The molecule has 8 nitrogen and oxygen atoms in total.